The Kier molecular flexibility index (Phi) is 5.25. The number of phenolic OH excluding ortho intramolecular Hbond substituents is 1. The molecule has 11 heteroatoms. The molecule has 0 aliphatic carbocycles. The highest BCUT2D eigenvalue weighted by Crippen LogP contribution is 2.38. The van der Waals surface area contributed by atoms with Crippen LogP contribution in [0.4, 0.5) is 24.8 Å². The fourth-order valence-corrected chi connectivity index (χ4v) is 3.53. The number of benzene rings is 2. The maximum atomic E-state index is 13.2. The van der Waals surface area contributed by atoms with Crippen molar-refractivity contribution < 1.29 is 27.8 Å². The van der Waals surface area contributed by atoms with Crippen molar-refractivity contribution in [1.82, 2.24) is 14.8 Å². The van der Waals surface area contributed by atoms with Gasteiger partial charge in [0.05, 0.1) is 18.2 Å². The molecule has 32 heavy (non-hydrogen) atoms. The number of fused-ring (bicyclic) bond motifs is 1. The monoisotopic (exact) mass is 445 g/mol. The molecule has 0 spiro atoms. The van der Waals surface area contributed by atoms with Crippen molar-refractivity contribution in [3.63, 3.8) is 0 Å². The lowest BCUT2D eigenvalue weighted by atomic mass is 9.94. The van der Waals surface area contributed by atoms with Crippen LogP contribution in [0, 0.1) is 0 Å². The second-order valence-electron chi connectivity index (χ2n) is 7.06. The number of ether oxygens (including phenoxy) is 1. The largest absolute Gasteiger partial charge is 0.504 e. The molecule has 3 aromatic rings. The molecule has 1 amide bonds. The lowest BCUT2D eigenvalue weighted by Gasteiger charge is -2.29. The quantitative estimate of drug-likeness (QED) is 0.563. The number of nitrogens with zero attached hydrogens (tertiary/aromatic N) is 3. The minimum absolute atomic E-state index is 0.00320. The van der Waals surface area contributed by atoms with Crippen LogP contribution in [-0.2, 0) is 11.0 Å². The minimum atomic E-state index is -4.54. The number of nitrogens with one attached hydrogen (secondary N) is 2. The summed E-state index contributed by atoms with van der Waals surface area (Å²) in [5.74, 6) is -0.125. The summed E-state index contributed by atoms with van der Waals surface area (Å²) in [6, 6.07) is 8.19. The lowest BCUT2D eigenvalue weighted by Crippen LogP contribution is -2.31. The third-order valence-electron chi connectivity index (χ3n) is 5.01. The zero-order valence-corrected chi connectivity index (χ0v) is 16.9. The van der Waals surface area contributed by atoms with E-state index in [1.807, 2.05) is 0 Å². The molecule has 2 aromatic carbocycles. The number of alkyl halides is 3. The summed E-state index contributed by atoms with van der Waals surface area (Å²) < 4.78 is 45.8. The Balaban J connectivity index is 1.75. The third kappa shape index (κ3) is 3.84. The number of anilines is 2. The Bertz CT molecular complexity index is 1220. The number of halogens is 3. The molecule has 166 valence electrons. The lowest BCUT2D eigenvalue weighted by molar-refractivity contribution is -0.137. The molecule has 0 fully saturated rings. The van der Waals surface area contributed by atoms with Gasteiger partial charge in [0.25, 0.3) is 5.91 Å². The first-order valence-corrected chi connectivity index (χ1v) is 9.42. The summed E-state index contributed by atoms with van der Waals surface area (Å²) in [6.45, 7) is 1.66. The zero-order chi connectivity index (χ0) is 23.0. The van der Waals surface area contributed by atoms with Gasteiger partial charge < -0.3 is 20.5 Å². The number of rotatable bonds is 4. The molecular formula is C21H18F3N5O3. The molecule has 1 aliphatic rings. The van der Waals surface area contributed by atoms with Gasteiger partial charge in [-0.2, -0.15) is 23.3 Å². The number of phenols is 1. The van der Waals surface area contributed by atoms with Crippen molar-refractivity contribution in [2.45, 2.75) is 19.1 Å². The number of aromatic hydroxyl groups is 1. The standard InChI is InChI=1S/C21H18F3N5O3/c1-11-17(19(31)28-14-5-3-4-13(9-14)21(22,23)24)18(29-20(27-11)25-10-26-29)12-6-7-15(30)16(8-12)32-2/h3-10,18,30H,1-2H3,(H,28,31)(H,25,26,27). The molecule has 0 bridgehead atoms. The summed E-state index contributed by atoms with van der Waals surface area (Å²) in [5.41, 5.74) is 0.347. The van der Waals surface area contributed by atoms with Gasteiger partial charge >= 0.3 is 6.18 Å². The van der Waals surface area contributed by atoms with Crippen LogP contribution in [0.15, 0.2) is 60.1 Å². The fraction of sp³-hybridized carbons (Fsp3) is 0.190. The molecule has 2 heterocycles. The molecule has 0 radical (unpaired) electrons. The van der Waals surface area contributed by atoms with E-state index in [1.54, 1.807) is 19.1 Å². The van der Waals surface area contributed by atoms with Crippen LogP contribution in [-0.4, -0.2) is 32.9 Å². The van der Waals surface area contributed by atoms with Gasteiger partial charge in [0.1, 0.15) is 12.4 Å². The molecule has 8 nitrogen and oxygen atoms in total. The van der Waals surface area contributed by atoms with Crippen molar-refractivity contribution in [2.75, 3.05) is 17.7 Å². The Morgan fingerprint density at radius 3 is 2.75 bits per heavy atom. The number of hydrogen-bond donors (Lipinski definition) is 3. The number of hydrogen-bond acceptors (Lipinski definition) is 6. The van der Waals surface area contributed by atoms with E-state index in [9.17, 15) is 23.1 Å². The zero-order valence-electron chi connectivity index (χ0n) is 16.9. The normalized spacial score (nSPS) is 15.7. The highest BCUT2D eigenvalue weighted by molar-refractivity contribution is 6.06. The van der Waals surface area contributed by atoms with Gasteiger partial charge in [-0.25, -0.2) is 4.68 Å². The van der Waals surface area contributed by atoms with E-state index in [4.69, 9.17) is 4.74 Å². The van der Waals surface area contributed by atoms with Gasteiger partial charge in [-0.15, -0.1) is 0 Å². The summed E-state index contributed by atoms with van der Waals surface area (Å²) in [4.78, 5) is 17.4. The summed E-state index contributed by atoms with van der Waals surface area (Å²) in [5, 5.41) is 19.7. The van der Waals surface area contributed by atoms with Gasteiger partial charge in [-0.3, -0.25) is 4.79 Å². The first-order valence-electron chi connectivity index (χ1n) is 9.42. The van der Waals surface area contributed by atoms with Gasteiger partial charge in [0, 0.05) is 11.4 Å². The predicted octanol–water partition coefficient (Wildman–Crippen LogP) is 3.94. The van der Waals surface area contributed by atoms with Crippen molar-refractivity contribution in [2.24, 2.45) is 0 Å². The van der Waals surface area contributed by atoms with Crippen molar-refractivity contribution in [1.29, 1.82) is 0 Å². The summed E-state index contributed by atoms with van der Waals surface area (Å²) >= 11 is 0. The Morgan fingerprint density at radius 1 is 1.25 bits per heavy atom. The highest BCUT2D eigenvalue weighted by atomic mass is 19.4. The van der Waals surface area contributed by atoms with Crippen LogP contribution in [0.5, 0.6) is 11.5 Å². The molecule has 4 rings (SSSR count). The van der Waals surface area contributed by atoms with Crippen LogP contribution in [0.25, 0.3) is 0 Å². The Hall–Kier alpha value is -4.02. The number of methoxy groups -OCH3 is 1. The van der Waals surface area contributed by atoms with Gasteiger partial charge in [0.15, 0.2) is 11.5 Å². The van der Waals surface area contributed by atoms with E-state index in [-0.39, 0.29) is 22.8 Å². The van der Waals surface area contributed by atoms with Crippen LogP contribution in [0.2, 0.25) is 0 Å². The topological polar surface area (TPSA) is 101 Å². The molecule has 3 N–H and O–H groups in total. The van der Waals surface area contributed by atoms with Crippen LogP contribution in [0.3, 0.4) is 0 Å². The number of amides is 1. The average molecular weight is 445 g/mol. The SMILES string of the molecule is COc1cc(C2C(C(=O)Nc3cccc(C(F)(F)F)c3)=C(C)Nc3ncnn32)ccc1O. The van der Waals surface area contributed by atoms with Crippen LogP contribution in [0.1, 0.15) is 24.1 Å². The molecule has 0 saturated carbocycles. The molecule has 0 saturated heterocycles. The second kappa shape index (κ2) is 7.91. The van der Waals surface area contributed by atoms with E-state index in [1.165, 1.54) is 36.3 Å². The van der Waals surface area contributed by atoms with Crippen molar-refractivity contribution in [3.05, 3.63) is 71.2 Å². The van der Waals surface area contributed by atoms with Gasteiger partial charge in [-0.1, -0.05) is 12.1 Å². The summed E-state index contributed by atoms with van der Waals surface area (Å²) in [6.07, 6.45) is -3.23. The Morgan fingerprint density at radius 2 is 2.03 bits per heavy atom. The van der Waals surface area contributed by atoms with Gasteiger partial charge in [-0.05, 0) is 42.8 Å². The number of carbonyl (C=O) groups is 1. The first-order chi connectivity index (χ1) is 15.2. The van der Waals surface area contributed by atoms with Crippen molar-refractivity contribution >= 4 is 17.5 Å². The Labute approximate surface area is 180 Å². The molecule has 1 unspecified atom stereocenters. The van der Waals surface area contributed by atoms with Gasteiger partial charge in [0.2, 0.25) is 5.95 Å². The van der Waals surface area contributed by atoms with E-state index in [0.717, 1.165) is 12.1 Å². The third-order valence-corrected chi connectivity index (χ3v) is 5.01. The summed E-state index contributed by atoms with van der Waals surface area (Å²) in [7, 11) is 1.39. The van der Waals surface area contributed by atoms with E-state index in [0.29, 0.717) is 17.2 Å². The number of carbonyl (C=O) groups excluding carboxylic acids is 1. The molecular weight excluding hydrogens is 427 g/mol. The minimum Gasteiger partial charge on any atom is -0.504 e. The molecule has 1 aliphatic heterocycles. The van der Waals surface area contributed by atoms with Crippen molar-refractivity contribution in [3.8, 4) is 11.5 Å². The predicted molar refractivity (Wildman–Crippen MR) is 109 cm³/mol. The smallest absolute Gasteiger partial charge is 0.416 e. The highest BCUT2D eigenvalue weighted by Gasteiger charge is 2.35. The molecule has 1 atom stereocenters. The second-order valence-corrected chi connectivity index (χ2v) is 7.06. The van der Waals surface area contributed by atoms with E-state index in [2.05, 4.69) is 20.7 Å². The fourth-order valence-electron chi connectivity index (χ4n) is 3.53. The first kappa shape index (κ1) is 21.2. The number of allylic oxidation sites excluding steroid dienone is 1. The number of aromatic nitrogens is 3. The van der Waals surface area contributed by atoms with Crippen LogP contribution >= 0.6 is 0 Å². The van der Waals surface area contributed by atoms with E-state index < -0.39 is 23.7 Å². The maximum absolute atomic E-state index is 13.2. The molecule has 1 aromatic heterocycles. The van der Waals surface area contributed by atoms with E-state index >= 15 is 0 Å². The maximum Gasteiger partial charge on any atom is 0.416 e. The average Bonchev–Trinajstić information content (AvgIpc) is 3.20. The van der Waals surface area contributed by atoms with Crippen LogP contribution < -0.4 is 15.4 Å².